The second-order valence-electron chi connectivity index (χ2n) is 3.76. The molecule has 1 aromatic carbocycles. The second kappa shape index (κ2) is 7.31. The number of benzene rings is 1. The Hall–Kier alpha value is -1.17. The van der Waals surface area contributed by atoms with Crippen molar-refractivity contribution in [1.82, 2.24) is 4.90 Å². The van der Waals surface area contributed by atoms with Crippen molar-refractivity contribution >= 4 is 23.2 Å². The maximum Gasteiger partial charge on any atom is 0.238 e. The van der Waals surface area contributed by atoms with Crippen LogP contribution in [0.1, 0.15) is 6.92 Å². The van der Waals surface area contributed by atoms with E-state index in [1.54, 1.807) is 4.90 Å². The Balaban J connectivity index is 2.58. The molecule has 0 unspecified atom stereocenters. The van der Waals surface area contributed by atoms with Crippen molar-refractivity contribution in [1.29, 1.82) is 0 Å². The molecule has 6 heteroatoms. The zero-order valence-corrected chi connectivity index (χ0v) is 10.9. The van der Waals surface area contributed by atoms with Gasteiger partial charge in [0.2, 0.25) is 5.91 Å². The average Bonchev–Trinajstić information content (AvgIpc) is 2.32. The van der Waals surface area contributed by atoms with E-state index < -0.39 is 5.82 Å². The topological polar surface area (TPSA) is 52.6 Å². The SMILES string of the molecule is CCN(CCO)CC(=O)Nc1ccc(Cl)cc1F. The number of hydrogen-bond acceptors (Lipinski definition) is 3. The summed E-state index contributed by atoms with van der Waals surface area (Å²) in [5.74, 6) is -0.896. The van der Waals surface area contributed by atoms with Gasteiger partial charge in [-0.15, -0.1) is 0 Å². The van der Waals surface area contributed by atoms with Gasteiger partial charge in [0.25, 0.3) is 0 Å². The Labute approximate surface area is 110 Å². The highest BCUT2D eigenvalue weighted by molar-refractivity contribution is 6.30. The molecule has 0 heterocycles. The van der Waals surface area contributed by atoms with Gasteiger partial charge in [-0.25, -0.2) is 4.39 Å². The van der Waals surface area contributed by atoms with Crippen LogP contribution in [0, 0.1) is 5.82 Å². The second-order valence-corrected chi connectivity index (χ2v) is 4.20. The van der Waals surface area contributed by atoms with Crippen LogP contribution in [0.3, 0.4) is 0 Å². The number of halogens is 2. The Morgan fingerprint density at radius 3 is 2.83 bits per heavy atom. The number of amides is 1. The summed E-state index contributed by atoms with van der Waals surface area (Å²) >= 11 is 5.61. The molecule has 0 aliphatic rings. The number of aliphatic hydroxyl groups is 1. The van der Waals surface area contributed by atoms with Crippen LogP contribution in [0.5, 0.6) is 0 Å². The predicted molar refractivity (Wildman–Crippen MR) is 69.2 cm³/mol. The third kappa shape index (κ3) is 4.60. The van der Waals surface area contributed by atoms with Crippen LogP contribution in [-0.4, -0.2) is 42.2 Å². The molecule has 0 saturated heterocycles. The Morgan fingerprint density at radius 2 is 2.28 bits per heavy atom. The first kappa shape index (κ1) is 14.9. The van der Waals surface area contributed by atoms with Crippen molar-refractivity contribution < 1.29 is 14.3 Å². The molecule has 4 nitrogen and oxygen atoms in total. The largest absolute Gasteiger partial charge is 0.395 e. The lowest BCUT2D eigenvalue weighted by molar-refractivity contribution is -0.117. The van der Waals surface area contributed by atoms with Crippen molar-refractivity contribution in [2.45, 2.75) is 6.92 Å². The first-order chi connectivity index (χ1) is 8.56. The fourth-order valence-electron chi connectivity index (χ4n) is 1.47. The molecule has 1 amide bonds. The molecule has 1 rings (SSSR count). The minimum atomic E-state index is -0.568. The summed E-state index contributed by atoms with van der Waals surface area (Å²) in [6.45, 7) is 3.02. The molecule has 0 aliphatic heterocycles. The Kier molecular flexibility index (Phi) is 6.04. The number of nitrogens with zero attached hydrogens (tertiary/aromatic N) is 1. The molecule has 0 spiro atoms. The number of anilines is 1. The Bertz CT molecular complexity index is 415. The third-order valence-corrected chi connectivity index (χ3v) is 2.67. The molecule has 0 atom stereocenters. The molecule has 0 aliphatic carbocycles. The van der Waals surface area contributed by atoms with Gasteiger partial charge in [0.05, 0.1) is 18.8 Å². The van der Waals surface area contributed by atoms with Crippen LogP contribution in [0.15, 0.2) is 18.2 Å². The summed E-state index contributed by atoms with van der Waals surface area (Å²) in [6.07, 6.45) is 0. The molecule has 0 bridgehead atoms. The van der Waals surface area contributed by atoms with Crippen LogP contribution in [0.2, 0.25) is 5.02 Å². The molecular weight excluding hydrogens is 259 g/mol. The van der Waals surface area contributed by atoms with Gasteiger partial charge in [0.15, 0.2) is 0 Å². The van der Waals surface area contributed by atoms with E-state index in [9.17, 15) is 9.18 Å². The minimum Gasteiger partial charge on any atom is -0.395 e. The van der Waals surface area contributed by atoms with Crippen molar-refractivity contribution in [2.24, 2.45) is 0 Å². The fourth-order valence-corrected chi connectivity index (χ4v) is 1.63. The summed E-state index contributed by atoms with van der Waals surface area (Å²) in [4.78, 5) is 13.4. The zero-order chi connectivity index (χ0) is 13.5. The quantitative estimate of drug-likeness (QED) is 0.831. The van der Waals surface area contributed by atoms with E-state index in [1.165, 1.54) is 12.1 Å². The lowest BCUT2D eigenvalue weighted by Crippen LogP contribution is -2.35. The number of likely N-dealkylation sites (N-methyl/N-ethyl adjacent to an activating group) is 1. The molecule has 18 heavy (non-hydrogen) atoms. The molecule has 0 fully saturated rings. The maximum atomic E-state index is 13.4. The van der Waals surface area contributed by atoms with Crippen molar-refractivity contribution in [3.8, 4) is 0 Å². The lowest BCUT2D eigenvalue weighted by atomic mass is 10.3. The van der Waals surface area contributed by atoms with Crippen LogP contribution >= 0.6 is 11.6 Å². The summed E-state index contributed by atoms with van der Waals surface area (Å²) in [5, 5.41) is 11.5. The number of carbonyl (C=O) groups excluding carboxylic acids is 1. The predicted octanol–water partition coefficient (Wildman–Crippen LogP) is 1.73. The average molecular weight is 275 g/mol. The van der Waals surface area contributed by atoms with E-state index in [1.807, 2.05) is 6.92 Å². The Morgan fingerprint density at radius 1 is 1.56 bits per heavy atom. The molecular formula is C12H16ClFN2O2. The smallest absolute Gasteiger partial charge is 0.238 e. The third-order valence-electron chi connectivity index (χ3n) is 2.44. The van der Waals surface area contributed by atoms with E-state index in [2.05, 4.69) is 5.32 Å². The highest BCUT2D eigenvalue weighted by atomic mass is 35.5. The van der Waals surface area contributed by atoms with Gasteiger partial charge >= 0.3 is 0 Å². The fraction of sp³-hybridized carbons (Fsp3) is 0.417. The van der Waals surface area contributed by atoms with E-state index in [0.29, 0.717) is 13.1 Å². The van der Waals surface area contributed by atoms with Gasteiger partial charge in [0.1, 0.15) is 5.82 Å². The minimum absolute atomic E-state index is 0.0174. The van der Waals surface area contributed by atoms with Gasteiger partial charge < -0.3 is 10.4 Å². The monoisotopic (exact) mass is 274 g/mol. The van der Waals surface area contributed by atoms with E-state index in [-0.39, 0.29) is 29.8 Å². The van der Waals surface area contributed by atoms with Crippen LogP contribution in [0.4, 0.5) is 10.1 Å². The maximum absolute atomic E-state index is 13.4. The number of carbonyl (C=O) groups is 1. The number of nitrogens with one attached hydrogen (secondary N) is 1. The van der Waals surface area contributed by atoms with Gasteiger partial charge in [-0.2, -0.15) is 0 Å². The van der Waals surface area contributed by atoms with Gasteiger partial charge in [0, 0.05) is 11.6 Å². The summed E-state index contributed by atoms with van der Waals surface area (Å²) in [5.41, 5.74) is 0.101. The highest BCUT2D eigenvalue weighted by Gasteiger charge is 2.11. The zero-order valence-electron chi connectivity index (χ0n) is 10.1. The standard InChI is InChI=1S/C12H16ClFN2O2/c1-2-16(5-6-17)8-12(18)15-11-4-3-9(13)7-10(11)14/h3-4,7,17H,2,5-6,8H2,1H3,(H,15,18). The lowest BCUT2D eigenvalue weighted by Gasteiger charge is -2.18. The van der Waals surface area contributed by atoms with Crippen LogP contribution in [0.25, 0.3) is 0 Å². The van der Waals surface area contributed by atoms with E-state index in [4.69, 9.17) is 16.7 Å². The van der Waals surface area contributed by atoms with Crippen molar-refractivity contribution in [3.05, 3.63) is 29.0 Å². The molecule has 0 aromatic heterocycles. The number of rotatable bonds is 6. The molecule has 1 aromatic rings. The van der Waals surface area contributed by atoms with E-state index in [0.717, 1.165) is 6.07 Å². The summed E-state index contributed by atoms with van der Waals surface area (Å²) < 4.78 is 13.4. The summed E-state index contributed by atoms with van der Waals surface area (Å²) in [6, 6.07) is 4.06. The normalized spacial score (nSPS) is 10.7. The molecule has 0 saturated carbocycles. The van der Waals surface area contributed by atoms with Crippen molar-refractivity contribution in [3.63, 3.8) is 0 Å². The van der Waals surface area contributed by atoms with Crippen LogP contribution in [-0.2, 0) is 4.79 Å². The number of aliphatic hydroxyl groups excluding tert-OH is 1. The molecule has 0 radical (unpaired) electrons. The van der Waals surface area contributed by atoms with Crippen molar-refractivity contribution in [2.75, 3.05) is 31.6 Å². The molecule has 2 N–H and O–H groups in total. The van der Waals surface area contributed by atoms with Gasteiger partial charge in [-0.3, -0.25) is 9.69 Å². The first-order valence-corrected chi connectivity index (χ1v) is 6.02. The van der Waals surface area contributed by atoms with Gasteiger partial charge in [-0.05, 0) is 24.7 Å². The number of hydrogen-bond donors (Lipinski definition) is 2. The highest BCUT2D eigenvalue weighted by Crippen LogP contribution is 2.18. The molecule has 100 valence electrons. The first-order valence-electron chi connectivity index (χ1n) is 5.65. The summed E-state index contributed by atoms with van der Waals surface area (Å²) in [7, 11) is 0. The van der Waals surface area contributed by atoms with Crippen LogP contribution < -0.4 is 5.32 Å². The van der Waals surface area contributed by atoms with Gasteiger partial charge in [-0.1, -0.05) is 18.5 Å². The van der Waals surface area contributed by atoms with E-state index >= 15 is 0 Å².